The topological polar surface area (TPSA) is 55.9 Å². The number of likely N-dealkylation sites (N-methyl/N-ethyl adjacent to an activating group) is 1. The molecule has 0 saturated carbocycles. The van der Waals surface area contributed by atoms with E-state index in [9.17, 15) is 9.59 Å². The molecule has 1 atom stereocenters. The zero-order valence-electron chi connectivity index (χ0n) is 16.9. The minimum absolute atomic E-state index is 0.0457. The zero-order valence-corrected chi connectivity index (χ0v) is 17.7. The van der Waals surface area contributed by atoms with Gasteiger partial charge in [0.05, 0.1) is 4.88 Å². The van der Waals surface area contributed by atoms with Crippen molar-refractivity contribution in [2.45, 2.75) is 32.1 Å². The number of hydrogen-bond donors (Lipinski definition) is 1. The van der Waals surface area contributed by atoms with Gasteiger partial charge in [0.15, 0.2) is 0 Å². The van der Waals surface area contributed by atoms with E-state index in [4.69, 9.17) is 0 Å². The van der Waals surface area contributed by atoms with Gasteiger partial charge < -0.3 is 15.1 Å². The van der Waals surface area contributed by atoms with E-state index < -0.39 is 0 Å². The van der Waals surface area contributed by atoms with Crippen LogP contribution in [-0.4, -0.2) is 85.9 Å². The lowest BCUT2D eigenvalue weighted by atomic mass is 9.88. The molecule has 0 bridgehead atoms. The summed E-state index contributed by atoms with van der Waals surface area (Å²) in [6, 6.07) is 2.06. The monoisotopic (exact) mass is 404 g/mol. The third kappa shape index (κ3) is 4.58. The molecule has 28 heavy (non-hydrogen) atoms. The highest BCUT2D eigenvalue weighted by molar-refractivity contribution is 7.14. The molecule has 2 aliphatic heterocycles. The van der Waals surface area contributed by atoms with Crippen LogP contribution in [0.15, 0.2) is 6.07 Å². The van der Waals surface area contributed by atoms with Crippen LogP contribution in [0.1, 0.15) is 39.4 Å². The lowest BCUT2D eigenvalue weighted by Crippen LogP contribution is -2.47. The van der Waals surface area contributed by atoms with Crippen molar-refractivity contribution >= 4 is 23.2 Å². The predicted molar refractivity (Wildman–Crippen MR) is 112 cm³/mol. The third-order valence-electron chi connectivity index (χ3n) is 6.38. The molecule has 0 radical (unpaired) electrons. The second-order valence-electron chi connectivity index (χ2n) is 8.43. The molecule has 0 aromatic carbocycles. The smallest absolute Gasteiger partial charge is 0.263 e. The van der Waals surface area contributed by atoms with Crippen LogP contribution in [0.5, 0.6) is 0 Å². The van der Waals surface area contributed by atoms with Gasteiger partial charge in [0.25, 0.3) is 5.91 Å². The highest BCUT2D eigenvalue weighted by Gasteiger charge is 2.29. The van der Waals surface area contributed by atoms with Gasteiger partial charge in [-0.2, -0.15) is 0 Å². The quantitative estimate of drug-likeness (QED) is 0.807. The zero-order chi connectivity index (χ0) is 19.5. The number of amides is 2. The molecule has 1 aliphatic carbocycles. The fraction of sp³-hybridized carbons (Fsp3) is 0.714. The Morgan fingerprint density at radius 2 is 1.89 bits per heavy atom. The number of aryl methyl sites for hydroxylation is 1. The Hall–Kier alpha value is -1.44. The molecule has 2 fully saturated rings. The van der Waals surface area contributed by atoms with E-state index in [2.05, 4.69) is 28.2 Å². The number of carbonyl (C=O) groups is 2. The average molecular weight is 405 g/mol. The van der Waals surface area contributed by atoms with Crippen LogP contribution >= 0.6 is 11.3 Å². The molecule has 6 nitrogen and oxygen atoms in total. The summed E-state index contributed by atoms with van der Waals surface area (Å²) >= 11 is 1.65. The molecule has 3 aliphatic rings. The standard InChI is InChI=1S/C21H32N4O2S/c1-23-10-12-24(13-11-23)9-6-22-20(26)16-4-5-18-17(14-16)15-19(28-18)21(27)25-7-2-3-8-25/h15-16H,2-14H2,1H3,(H,22,26)/t16-/m1/s1. The van der Waals surface area contributed by atoms with E-state index in [1.54, 1.807) is 11.3 Å². The van der Waals surface area contributed by atoms with Crippen molar-refractivity contribution in [1.29, 1.82) is 0 Å². The fourth-order valence-corrected chi connectivity index (χ4v) is 5.66. The van der Waals surface area contributed by atoms with E-state index in [1.165, 1.54) is 10.4 Å². The minimum Gasteiger partial charge on any atom is -0.355 e. The summed E-state index contributed by atoms with van der Waals surface area (Å²) in [4.78, 5) is 34.2. The first kappa shape index (κ1) is 19.9. The van der Waals surface area contributed by atoms with Crippen molar-refractivity contribution in [3.8, 4) is 0 Å². The minimum atomic E-state index is 0.0457. The number of fused-ring (bicyclic) bond motifs is 1. The van der Waals surface area contributed by atoms with E-state index in [0.717, 1.165) is 89.3 Å². The van der Waals surface area contributed by atoms with Gasteiger partial charge in [0, 0.05) is 63.2 Å². The predicted octanol–water partition coefficient (Wildman–Crippen LogP) is 1.45. The second-order valence-corrected chi connectivity index (χ2v) is 9.57. The summed E-state index contributed by atoms with van der Waals surface area (Å²) in [7, 11) is 2.16. The molecule has 2 amide bonds. The Bertz CT molecular complexity index is 705. The molecule has 0 spiro atoms. The fourth-order valence-electron chi connectivity index (χ4n) is 4.48. The van der Waals surface area contributed by atoms with E-state index >= 15 is 0 Å². The van der Waals surface area contributed by atoms with Crippen LogP contribution in [0.2, 0.25) is 0 Å². The summed E-state index contributed by atoms with van der Waals surface area (Å²) in [6.45, 7) is 7.83. The molecular formula is C21H32N4O2S. The van der Waals surface area contributed by atoms with Crippen molar-refractivity contribution in [2.24, 2.45) is 5.92 Å². The molecule has 3 heterocycles. The summed E-state index contributed by atoms with van der Waals surface area (Å²) in [6.07, 6.45) is 4.83. The van der Waals surface area contributed by atoms with Gasteiger partial charge in [-0.3, -0.25) is 14.5 Å². The molecular weight excluding hydrogens is 372 g/mol. The van der Waals surface area contributed by atoms with Crippen LogP contribution in [0, 0.1) is 5.92 Å². The number of carbonyl (C=O) groups excluding carboxylic acids is 2. The second kappa shape index (κ2) is 8.93. The number of piperazine rings is 1. The summed E-state index contributed by atoms with van der Waals surface area (Å²) in [5.41, 5.74) is 1.22. The number of rotatable bonds is 5. The number of thiophene rings is 1. The molecule has 1 aromatic rings. The molecule has 4 rings (SSSR count). The molecule has 154 valence electrons. The molecule has 1 aromatic heterocycles. The van der Waals surface area contributed by atoms with Crippen LogP contribution in [0.3, 0.4) is 0 Å². The van der Waals surface area contributed by atoms with E-state index in [-0.39, 0.29) is 17.7 Å². The Balaban J connectivity index is 1.26. The number of nitrogens with one attached hydrogen (secondary N) is 1. The van der Waals surface area contributed by atoms with Gasteiger partial charge in [-0.15, -0.1) is 11.3 Å². The third-order valence-corrected chi connectivity index (χ3v) is 7.61. The Labute approximate surface area is 171 Å². The number of likely N-dealkylation sites (tertiary alicyclic amines) is 1. The average Bonchev–Trinajstić information content (AvgIpc) is 3.38. The van der Waals surface area contributed by atoms with Crippen molar-refractivity contribution in [2.75, 3.05) is 59.4 Å². The van der Waals surface area contributed by atoms with Crippen LogP contribution in [-0.2, 0) is 17.6 Å². The van der Waals surface area contributed by atoms with Gasteiger partial charge in [0.1, 0.15) is 0 Å². The highest BCUT2D eigenvalue weighted by Crippen LogP contribution is 2.33. The van der Waals surface area contributed by atoms with Crippen LogP contribution in [0.25, 0.3) is 0 Å². The van der Waals surface area contributed by atoms with Gasteiger partial charge in [-0.25, -0.2) is 0 Å². The van der Waals surface area contributed by atoms with Gasteiger partial charge in [0.2, 0.25) is 5.91 Å². The van der Waals surface area contributed by atoms with Crippen molar-refractivity contribution in [3.05, 3.63) is 21.4 Å². The Kier molecular flexibility index (Phi) is 6.33. The molecule has 0 unspecified atom stereocenters. The first-order chi connectivity index (χ1) is 13.6. The largest absolute Gasteiger partial charge is 0.355 e. The number of hydrogen-bond acceptors (Lipinski definition) is 5. The first-order valence-electron chi connectivity index (χ1n) is 10.7. The summed E-state index contributed by atoms with van der Waals surface area (Å²) in [5, 5.41) is 3.15. The first-order valence-corrected chi connectivity index (χ1v) is 11.5. The number of nitrogens with zero attached hydrogens (tertiary/aromatic N) is 3. The maximum Gasteiger partial charge on any atom is 0.263 e. The Morgan fingerprint density at radius 1 is 1.14 bits per heavy atom. The molecule has 7 heteroatoms. The summed E-state index contributed by atoms with van der Waals surface area (Å²) < 4.78 is 0. The van der Waals surface area contributed by atoms with Crippen molar-refractivity contribution in [1.82, 2.24) is 20.0 Å². The van der Waals surface area contributed by atoms with Crippen molar-refractivity contribution < 1.29 is 9.59 Å². The Morgan fingerprint density at radius 3 is 2.64 bits per heavy atom. The van der Waals surface area contributed by atoms with Gasteiger partial charge in [-0.05, 0) is 50.8 Å². The lowest BCUT2D eigenvalue weighted by molar-refractivity contribution is -0.125. The molecule has 2 saturated heterocycles. The van der Waals surface area contributed by atoms with E-state index in [0.29, 0.717) is 0 Å². The summed E-state index contributed by atoms with van der Waals surface area (Å²) in [5.74, 6) is 0.410. The van der Waals surface area contributed by atoms with Crippen molar-refractivity contribution in [3.63, 3.8) is 0 Å². The highest BCUT2D eigenvalue weighted by atomic mass is 32.1. The van der Waals surface area contributed by atoms with E-state index in [1.807, 2.05) is 4.90 Å². The van der Waals surface area contributed by atoms with Gasteiger partial charge >= 0.3 is 0 Å². The van der Waals surface area contributed by atoms with Gasteiger partial charge in [-0.1, -0.05) is 0 Å². The normalized spacial score (nSPS) is 23.6. The maximum atomic E-state index is 12.6. The SMILES string of the molecule is CN1CCN(CCNC(=O)[C@@H]2CCc3sc(C(=O)N4CCCC4)cc3C2)CC1. The van der Waals surface area contributed by atoms with Crippen LogP contribution < -0.4 is 5.32 Å². The lowest BCUT2D eigenvalue weighted by Gasteiger charge is -2.32. The molecule has 1 N–H and O–H groups in total. The maximum absolute atomic E-state index is 12.6. The van der Waals surface area contributed by atoms with Crippen LogP contribution in [0.4, 0.5) is 0 Å².